The molecular weight excluding hydrogens is 374 g/mol. The molecule has 0 amide bonds. The van der Waals surface area contributed by atoms with Crippen LogP contribution < -0.4 is 10.5 Å². The Morgan fingerprint density at radius 2 is 1.83 bits per heavy atom. The fourth-order valence-electron chi connectivity index (χ4n) is 3.83. The average molecular weight is 393 g/mol. The van der Waals surface area contributed by atoms with Gasteiger partial charge in [0, 0.05) is 23.1 Å². The molecule has 0 spiro atoms. The van der Waals surface area contributed by atoms with Crippen molar-refractivity contribution >= 4 is 23.0 Å². The van der Waals surface area contributed by atoms with Gasteiger partial charge in [-0.2, -0.15) is 10.5 Å². The van der Waals surface area contributed by atoms with E-state index in [0.717, 1.165) is 39.4 Å². The third-order valence-electron chi connectivity index (χ3n) is 5.41. The topological polar surface area (TPSA) is 101 Å². The van der Waals surface area contributed by atoms with E-state index in [9.17, 15) is 10.5 Å². The van der Waals surface area contributed by atoms with E-state index in [1.54, 1.807) is 7.11 Å². The molecule has 3 aromatic rings. The van der Waals surface area contributed by atoms with E-state index in [-0.39, 0.29) is 5.82 Å². The van der Waals surface area contributed by atoms with Crippen LogP contribution in [0.1, 0.15) is 35.0 Å². The molecule has 0 radical (unpaired) electrons. The van der Waals surface area contributed by atoms with Gasteiger partial charge in [-0.25, -0.2) is 4.98 Å². The number of anilines is 1. The Morgan fingerprint density at radius 3 is 2.47 bits per heavy atom. The zero-order chi connectivity index (χ0) is 21.4. The Morgan fingerprint density at radius 1 is 1.10 bits per heavy atom. The number of nitrogens with zero attached hydrogens (tertiary/aromatic N) is 4. The summed E-state index contributed by atoms with van der Waals surface area (Å²) in [5, 5.41) is 19.2. The second kappa shape index (κ2) is 7.27. The maximum absolute atomic E-state index is 9.72. The molecule has 6 heteroatoms. The van der Waals surface area contributed by atoms with Crippen molar-refractivity contribution in [3.8, 4) is 23.6 Å². The number of nitrogen functional groups attached to an aromatic ring is 1. The molecular formula is C24H19N5O. The van der Waals surface area contributed by atoms with Gasteiger partial charge in [0.15, 0.2) is 0 Å². The fourth-order valence-corrected chi connectivity index (χ4v) is 3.83. The lowest BCUT2D eigenvalue weighted by Gasteiger charge is -2.12. The highest BCUT2D eigenvalue weighted by Crippen LogP contribution is 2.44. The highest BCUT2D eigenvalue weighted by Gasteiger charge is 2.29. The predicted octanol–water partition coefficient (Wildman–Crippen LogP) is 4.49. The molecule has 146 valence electrons. The fraction of sp³-hybridized carbons (Fsp3) is 0.125. The second-order valence-corrected chi connectivity index (χ2v) is 7.00. The quantitative estimate of drug-likeness (QED) is 0.706. The van der Waals surface area contributed by atoms with Crippen LogP contribution in [0.5, 0.6) is 5.75 Å². The Balaban J connectivity index is 1.91. The summed E-state index contributed by atoms with van der Waals surface area (Å²) in [6, 6.07) is 16.1. The molecule has 0 unspecified atom stereocenters. The number of pyridine rings is 1. The monoisotopic (exact) mass is 393 g/mol. The van der Waals surface area contributed by atoms with Gasteiger partial charge in [-0.3, -0.25) is 0 Å². The maximum atomic E-state index is 9.72. The number of rotatable bonds is 3. The first kappa shape index (κ1) is 19.0. The van der Waals surface area contributed by atoms with Crippen LogP contribution in [0.3, 0.4) is 0 Å². The molecule has 0 bridgehead atoms. The SMILES string of the molecule is COc1ccc(-n2cccc2/C=C2/C(C)=C(C#N)c3nc(N)c(C#N)c(C)c32)cc1. The predicted molar refractivity (Wildman–Crippen MR) is 117 cm³/mol. The largest absolute Gasteiger partial charge is 0.497 e. The molecule has 0 saturated heterocycles. The number of allylic oxidation sites excluding steroid dienone is 3. The van der Waals surface area contributed by atoms with Gasteiger partial charge in [-0.1, -0.05) is 0 Å². The molecule has 30 heavy (non-hydrogen) atoms. The van der Waals surface area contributed by atoms with Crippen molar-refractivity contribution < 1.29 is 4.74 Å². The number of hydrogen-bond donors (Lipinski definition) is 1. The van der Waals surface area contributed by atoms with E-state index in [1.165, 1.54) is 0 Å². The summed E-state index contributed by atoms with van der Waals surface area (Å²) < 4.78 is 7.30. The molecule has 4 rings (SSSR count). The van der Waals surface area contributed by atoms with Crippen molar-refractivity contribution in [1.29, 1.82) is 10.5 Å². The summed E-state index contributed by atoms with van der Waals surface area (Å²) in [6.07, 6.45) is 4.00. The van der Waals surface area contributed by atoms with Crippen molar-refractivity contribution in [2.75, 3.05) is 12.8 Å². The van der Waals surface area contributed by atoms with Gasteiger partial charge in [-0.15, -0.1) is 0 Å². The lowest BCUT2D eigenvalue weighted by Crippen LogP contribution is -2.04. The third kappa shape index (κ3) is 2.83. The van der Waals surface area contributed by atoms with E-state index in [4.69, 9.17) is 10.5 Å². The van der Waals surface area contributed by atoms with Crippen LogP contribution >= 0.6 is 0 Å². The Kier molecular flexibility index (Phi) is 4.62. The van der Waals surface area contributed by atoms with E-state index >= 15 is 0 Å². The molecule has 2 heterocycles. The minimum atomic E-state index is 0.150. The van der Waals surface area contributed by atoms with Gasteiger partial charge < -0.3 is 15.0 Å². The molecule has 0 aliphatic heterocycles. The Labute approximate surface area is 174 Å². The minimum absolute atomic E-state index is 0.150. The second-order valence-electron chi connectivity index (χ2n) is 7.00. The molecule has 0 atom stereocenters. The highest BCUT2D eigenvalue weighted by molar-refractivity contribution is 6.08. The number of nitriles is 2. The van der Waals surface area contributed by atoms with Gasteiger partial charge in [0.25, 0.3) is 0 Å². The van der Waals surface area contributed by atoms with Crippen LogP contribution in [-0.4, -0.2) is 16.7 Å². The molecule has 1 aliphatic rings. The molecule has 2 N–H and O–H groups in total. The summed E-state index contributed by atoms with van der Waals surface area (Å²) in [7, 11) is 1.64. The van der Waals surface area contributed by atoms with Gasteiger partial charge in [-0.05, 0) is 73.0 Å². The third-order valence-corrected chi connectivity index (χ3v) is 5.41. The number of methoxy groups -OCH3 is 1. The lowest BCUT2D eigenvalue weighted by molar-refractivity contribution is 0.414. The van der Waals surface area contributed by atoms with Gasteiger partial charge in [0.05, 0.1) is 23.9 Å². The van der Waals surface area contributed by atoms with E-state index < -0.39 is 0 Å². The molecule has 0 saturated carbocycles. The highest BCUT2D eigenvalue weighted by atomic mass is 16.5. The summed E-state index contributed by atoms with van der Waals surface area (Å²) in [5.74, 6) is 0.938. The molecule has 1 aliphatic carbocycles. The van der Waals surface area contributed by atoms with Crippen molar-refractivity contribution in [1.82, 2.24) is 9.55 Å². The number of aromatic nitrogens is 2. The number of hydrogen-bond acceptors (Lipinski definition) is 5. The number of nitrogens with two attached hydrogens (primary N) is 1. The first-order valence-electron chi connectivity index (χ1n) is 9.35. The Bertz CT molecular complexity index is 1310. The normalized spacial score (nSPS) is 13.8. The molecule has 0 fully saturated rings. The summed E-state index contributed by atoms with van der Waals surface area (Å²) >= 11 is 0. The molecule has 1 aromatic carbocycles. The first-order chi connectivity index (χ1) is 14.5. The van der Waals surface area contributed by atoms with Crippen molar-refractivity contribution in [2.24, 2.45) is 0 Å². The van der Waals surface area contributed by atoms with Crippen LogP contribution in [0.4, 0.5) is 5.82 Å². The van der Waals surface area contributed by atoms with E-state index in [0.29, 0.717) is 16.8 Å². The van der Waals surface area contributed by atoms with Crippen LogP contribution in [-0.2, 0) is 0 Å². The Hall–Kier alpha value is -4.29. The van der Waals surface area contributed by atoms with Gasteiger partial charge in [0.2, 0.25) is 0 Å². The van der Waals surface area contributed by atoms with E-state index in [2.05, 4.69) is 21.7 Å². The van der Waals surface area contributed by atoms with Crippen LogP contribution in [0.25, 0.3) is 22.9 Å². The number of fused-ring (bicyclic) bond motifs is 1. The maximum Gasteiger partial charge on any atom is 0.142 e. The van der Waals surface area contributed by atoms with Gasteiger partial charge >= 0.3 is 0 Å². The summed E-state index contributed by atoms with van der Waals surface area (Å²) in [5.41, 5.74) is 12.5. The van der Waals surface area contributed by atoms with Crippen LogP contribution in [0.15, 0.2) is 48.2 Å². The standard InChI is InChI=1S/C24H19N5O/c1-14-19(22-15(2)21(13-26)24(27)28-23(22)20(14)12-25)11-17-5-4-10-29(17)16-6-8-18(30-3)9-7-16/h4-11H,1-3H3,(H2,27,28)/b19-11-. The lowest BCUT2D eigenvalue weighted by atomic mass is 9.96. The zero-order valence-electron chi connectivity index (χ0n) is 16.9. The molecule has 2 aromatic heterocycles. The smallest absolute Gasteiger partial charge is 0.142 e. The summed E-state index contributed by atoms with van der Waals surface area (Å²) in [4.78, 5) is 4.38. The number of ether oxygens (including phenoxy) is 1. The van der Waals surface area contributed by atoms with Crippen LogP contribution in [0, 0.1) is 29.6 Å². The first-order valence-corrected chi connectivity index (χ1v) is 9.35. The number of benzene rings is 1. The van der Waals surface area contributed by atoms with Gasteiger partial charge in [0.1, 0.15) is 23.7 Å². The zero-order valence-corrected chi connectivity index (χ0v) is 16.9. The summed E-state index contributed by atoms with van der Waals surface area (Å²) in [6.45, 7) is 3.74. The van der Waals surface area contributed by atoms with Crippen molar-refractivity contribution in [2.45, 2.75) is 13.8 Å². The van der Waals surface area contributed by atoms with Crippen LogP contribution in [0.2, 0.25) is 0 Å². The van der Waals surface area contributed by atoms with Crippen molar-refractivity contribution in [3.63, 3.8) is 0 Å². The molecule has 6 nitrogen and oxygen atoms in total. The van der Waals surface area contributed by atoms with Crippen molar-refractivity contribution in [3.05, 3.63) is 76.2 Å². The van der Waals surface area contributed by atoms with E-state index in [1.807, 2.05) is 62.5 Å². The average Bonchev–Trinajstić information content (AvgIpc) is 3.31. The minimum Gasteiger partial charge on any atom is -0.497 e.